The summed E-state index contributed by atoms with van der Waals surface area (Å²) in [5.41, 5.74) is 0.433. The Bertz CT molecular complexity index is 1010. The van der Waals surface area contributed by atoms with E-state index in [0.29, 0.717) is 21.7 Å². The lowest BCUT2D eigenvalue weighted by atomic mass is 10.1. The van der Waals surface area contributed by atoms with Crippen molar-refractivity contribution in [2.24, 2.45) is 0 Å². The van der Waals surface area contributed by atoms with E-state index in [2.05, 4.69) is 4.98 Å². The molecule has 128 valence electrons. The fourth-order valence-corrected chi connectivity index (χ4v) is 2.77. The third kappa shape index (κ3) is 2.85. The van der Waals surface area contributed by atoms with Crippen LogP contribution in [0, 0.1) is 0 Å². The van der Waals surface area contributed by atoms with Crippen LogP contribution in [0.25, 0.3) is 16.7 Å². The van der Waals surface area contributed by atoms with Crippen LogP contribution in [0.4, 0.5) is 0 Å². The van der Waals surface area contributed by atoms with Crippen LogP contribution in [0.3, 0.4) is 0 Å². The number of rotatable bonds is 3. The molecule has 0 saturated heterocycles. The molecule has 0 spiro atoms. The quantitative estimate of drug-likeness (QED) is 0.723. The van der Waals surface area contributed by atoms with Crippen LogP contribution in [0.5, 0.6) is 5.75 Å². The summed E-state index contributed by atoms with van der Waals surface area (Å²) in [6, 6.07) is 10.2. The number of pyridine rings is 2. The highest BCUT2D eigenvalue weighted by atomic mass is 35.5. The van der Waals surface area contributed by atoms with Crippen LogP contribution in [0.1, 0.15) is 10.4 Å². The zero-order chi connectivity index (χ0) is 18.1. The van der Waals surface area contributed by atoms with E-state index in [-0.39, 0.29) is 11.3 Å². The van der Waals surface area contributed by atoms with Gasteiger partial charge in [0.15, 0.2) is 5.65 Å². The first-order valence-corrected chi connectivity index (χ1v) is 7.88. The summed E-state index contributed by atoms with van der Waals surface area (Å²) < 4.78 is 6.79. The highest BCUT2D eigenvalue weighted by Gasteiger charge is 2.25. The zero-order valence-electron chi connectivity index (χ0n) is 14.0. The van der Waals surface area contributed by atoms with E-state index in [1.54, 1.807) is 56.7 Å². The molecule has 0 atom stereocenters. The number of halogens is 1. The molecule has 2 heterocycles. The Morgan fingerprint density at radius 2 is 1.88 bits per heavy atom. The molecule has 3 rings (SSSR count). The number of hydrogen-bond donors (Lipinski definition) is 0. The molecular weight excluding hydrogens is 342 g/mol. The van der Waals surface area contributed by atoms with Crippen LogP contribution in [-0.4, -0.2) is 41.6 Å². The van der Waals surface area contributed by atoms with Crippen molar-refractivity contribution in [1.29, 1.82) is 0 Å². The lowest BCUT2D eigenvalue weighted by molar-refractivity contribution is 0.0822. The fraction of sp³-hybridized carbons (Fsp3) is 0.167. The number of nitrogens with zero attached hydrogens (tertiary/aromatic N) is 3. The number of carbonyl (C=O) groups is 1. The van der Waals surface area contributed by atoms with Crippen molar-refractivity contribution in [3.05, 3.63) is 63.5 Å². The molecule has 6 nitrogen and oxygen atoms in total. The summed E-state index contributed by atoms with van der Waals surface area (Å²) in [4.78, 5) is 31.4. The molecule has 2 aromatic heterocycles. The van der Waals surface area contributed by atoms with Gasteiger partial charge in [-0.15, -0.1) is 0 Å². The fourth-order valence-electron chi connectivity index (χ4n) is 2.65. The van der Waals surface area contributed by atoms with E-state index in [1.165, 1.54) is 16.6 Å². The van der Waals surface area contributed by atoms with Crippen molar-refractivity contribution in [3.63, 3.8) is 0 Å². The van der Waals surface area contributed by atoms with Crippen molar-refractivity contribution in [3.8, 4) is 11.4 Å². The first kappa shape index (κ1) is 17.0. The summed E-state index contributed by atoms with van der Waals surface area (Å²) in [5.74, 6) is -0.215. The SMILES string of the molecule is COc1c(C(=O)N(C)C)c(=O)n(-c2ccc(Cl)cc2)c2ncccc12. The van der Waals surface area contributed by atoms with Crippen molar-refractivity contribution >= 4 is 28.5 Å². The van der Waals surface area contributed by atoms with Gasteiger partial charge in [-0.1, -0.05) is 11.6 Å². The Morgan fingerprint density at radius 1 is 1.20 bits per heavy atom. The van der Waals surface area contributed by atoms with Gasteiger partial charge in [-0.3, -0.25) is 14.2 Å². The molecule has 0 fully saturated rings. The van der Waals surface area contributed by atoms with Gasteiger partial charge in [-0.2, -0.15) is 0 Å². The van der Waals surface area contributed by atoms with Gasteiger partial charge in [0.05, 0.1) is 18.2 Å². The van der Waals surface area contributed by atoms with Crippen LogP contribution in [0.2, 0.25) is 5.02 Å². The summed E-state index contributed by atoms with van der Waals surface area (Å²) in [5, 5.41) is 1.12. The van der Waals surface area contributed by atoms with Gasteiger partial charge < -0.3 is 9.64 Å². The van der Waals surface area contributed by atoms with Gasteiger partial charge >= 0.3 is 0 Å². The minimum absolute atomic E-state index is 0.0389. The second-order valence-corrected chi connectivity index (χ2v) is 6.04. The molecule has 0 saturated carbocycles. The van der Waals surface area contributed by atoms with Gasteiger partial charge in [-0.25, -0.2) is 4.98 Å². The zero-order valence-corrected chi connectivity index (χ0v) is 14.7. The largest absolute Gasteiger partial charge is 0.495 e. The van der Waals surface area contributed by atoms with E-state index in [4.69, 9.17) is 16.3 Å². The van der Waals surface area contributed by atoms with Crippen molar-refractivity contribution < 1.29 is 9.53 Å². The van der Waals surface area contributed by atoms with E-state index >= 15 is 0 Å². The summed E-state index contributed by atoms with van der Waals surface area (Å²) in [7, 11) is 4.60. The third-order valence-corrected chi connectivity index (χ3v) is 4.05. The van der Waals surface area contributed by atoms with Crippen molar-refractivity contribution in [2.75, 3.05) is 21.2 Å². The molecule has 3 aromatic rings. The average molecular weight is 358 g/mol. The molecule has 0 bridgehead atoms. The van der Waals surface area contributed by atoms with Gasteiger partial charge in [0, 0.05) is 25.3 Å². The summed E-state index contributed by atoms with van der Waals surface area (Å²) >= 11 is 5.94. The summed E-state index contributed by atoms with van der Waals surface area (Å²) in [6.45, 7) is 0. The Balaban J connectivity index is 2.48. The second kappa shape index (κ2) is 6.57. The van der Waals surface area contributed by atoms with E-state index in [9.17, 15) is 9.59 Å². The predicted octanol–water partition coefficient (Wildman–Crippen LogP) is 2.75. The molecule has 0 N–H and O–H groups in total. The van der Waals surface area contributed by atoms with Crippen LogP contribution in [0.15, 0.2) is 47.4 Å². The van der Waals surface area contributed by atoms with Gasteiger partial charge in [0.2, 0.25) is 0 Å². The third-order valence-electron chi connectivity index (χ3n) is 3.80. The number of fused-ring (bicyclic) bond motifs is 1. The Labute approximate surface area is 149 Å². The maximum Gasteiger partial charge on any atom is 0.273 e. The Hall–Kier alpha value is -2.86. The summed E-state index contributed by atoms with van der Waals surface area (Å²) in [6.07, 6.45) is 1.58. The van der Waals surface area contributed by atoms with Crippen LogP contribution < -0.4 is 10.3 Å². The number of hydrogen-bond acceptors (Lipinski definition) is 4. The monoisotopic (exact) mass is 357 g/mol. The second-order valence-electron chi connectivity index (χ2n) is 5.60. The average Bonchev–Trinajstić information content (AvgIpc) is 2.61. The van der Waals surface area contributed by atoms with Crippen LogP contribution >= 0.6 is 11.6 Å². The van der Waals surface area contributed by atoms with Gasteiger partial charge in [0.1, 0.15) is 11.3 Å². The van der Waals surface area contributed by atoms with Crippen molar-refractivity contribution in [2.45, 2.75) is 0 Å². The minimum atomic E-state index is -0.496. The molecule has 0 unspecified atom stereocenters. The molecule has 1 aromatic carbocycles. The molecule has 25 heavy (non-hydrogen) atoms. The minimum Gasteiger partial charge on any atom is -0.495 e. The maximum absolute atomic E-state index is 13.2. The normalized spacial score (nSPS) is 10.7. The number of methoxy groups -OCH3 is 1. The first-order chi connectivity index (χ1) is 12.0. The number of ether oxygens (including phenoxy) is 1. The highest BCUT2D eigenvalue weighted by Crippen LogP contribution is 2.28. The smallest absolute Gasteiger partial charge is 0.273 e. The molecular formula is C18H16ClN3O3. The molecule has 0 aliphatic rings. The van der Waals surface area contributed by atoms with Gasteiger partial charge in [-0.05, 0) is 36.4 Å². The van der Waals surface area contributed by atoms with E-state index in [0.717, 1.165) is 0 Å². The van der Waals surface area contributed by atoms with E-state index in [1.807, 2.05) is 0 Å². The lowest BCUT2D eigenvalue weighted by Crippen LogP contribution is -2.33. The Kier molecular flexibility index (Phi) is 4.46. The van der Waals surface area contributed by atoms with E-state index < -0.39 is 11.5 Å². The number of amides is 1. The first-order valence-electron chi connectivity index (χ1n) is 7.51. The molecule has 1 amide bonds. The maximum atomic E-state index is 13.2. The molecule has 0 aliphatic heterocycles. The van der Waals surface area contributed by atoms with Crippen LogP contribution in [-0.2, 0) is 0 Å². The number of aromatic nitrogens is 2. The predicted molar refractivity (Wildman–Crippen MR) is 96.9 cm³/mol. The topological polar surface area (TPSA) is 64.4 Å². The standard InChI is InChI=1S/C18H16ClN3O3/c1-21(2)17(23)14-15(25-3)13-5-4-10-20-16(13)22(18(14)24)12-8-6-11(19)7-9-12/h4-10H,1-3H3. The lowest BCUT2D eigenvalue weighted by Gasteiger charge is -2.18. The molecule has 0 radical (unpaired) electrons. The van der Waals surface area contributed by atoms with Gasteiger partial charge in [0.25, 0.3) is 11.5 Å². The molecule has 7 heteroatoms. The number of carbonyl (C=O) groups excluding carboxylic acids is 1. The number of benzene rings is 1. The molecule has 0 aliphatic carbocycles. The van der Waals surface area contributed by atoms with Crippen molar-refractivity contribution in [1.82, 2.24) is 14.5 Å². The Morgan fingerprint density at radius 3 is 2.48 bits per heavy atom. The highest BCUT2D eigenvalue weighted by molar-refractivity contribution is 6.30.